The summed E-state index contributed by atoms with van der Waals surface area (Å²) < 4.78 is 40.0. The molecule has 1 N–H and O–H groups in total. The van der Waals surface area contributed by atoms with Crippen LogP contribution in [0.25, 0.3) is 11.1 Å². The Balaban J connectivity index is 1.38. The third-order valence-corrected chi connectivity index (χ3v) is 6.34. The second-order valence-corrected chi connectivity index (χ2v) is 8.98. The van der Waals surface area contributed by atoms with Crippen LogP contribution in [0.3, 0.4) is 0 Å². The molecule has 0 spiro atoms. The average molecular weight is 480 g/mol. The maximum Gasteiger partial charge on any atom is 0.216 e. The molecule has 1 fully saturated rings. The summed E-state index contributed by atoms with van der Waals surface area (Å²) in [5.41, 5.74) is 3.27. The quantitative estimate of drug-likeness (QED) is 0.397. The van der Waals surface area contributed by atoms with Crippen molar-refractivity contribution in [2.24, 2.45) is 0 Å². The molecule has 6 heteroatoms. The molecule has 0 saturated heterocycles. The van der Waals surface area contributed by atoms with Crippen molar-refractivity contribution < 1.29 is 23.0 Å². The van der Waals surface area contributed by atoms with Gasteiger partial charge in [-0.1, -0.05) is 36.4 Å². The van der Waals surface area contributed by atoms with Crippen LogP contribution in [0.5, 0.6) is 5.75 Å². The minimum absolute atomic E-state index is 0.0638. The molecule has 0 aromatic heterocycles. The molecular formula is C29H31F2NO3. The van der Waals surface area contributed by atoms with Gasteiger partial charge < -0.3 is 14.8 Å². The third kappa shape index (κ3) is 7.12. The Kier molecular flexibility index (Phi) is 8.48. The van der Waals surface area contributed by atoms with E-state index in [0.717, 1.165) is 48.1 Å². The SMILES string of the molecule is CC(=O)NCCc1ccc(OC2CCC(OCc3ccccc3F)CC2)cc1-c1cccc(F)c1. The Morgan fingerprint density at radius 1 is 0.914 bits per heavy atom. The summed E-state index contributed by atoms with van der Waals surface area (Å²) in [7, 11) is 0. The fraction of sp³-hybridized carbons (Fsp3) is 0.345. The van der Waals surface area contributed by atoms with Gasteiger partial charge >= 0.3 is 0 Å². The summed E-state index contributed by atoms with van der Waals surface area (Å²) >= 11 is 0. The molecule has 0 unspecified atom stereocenters. The van der Waals surface area contributed by atoms with Gasteiger partial charge in [0.15, 0.2) is 0 Å². The lowest BCUT2D eigenvalue weighted by Crippen LogP contribution is -2.28. The summed E-state index contributed by atoms with van der Waals surface area (Å²) in [5, 5.41) is 2.82. The van der Waals surface area contributed by atoms with Crippen molar-refractivity contribution in [1.82, 2.24) is 5.32 Å². The number of nitrogens with one attached hydrogen (secondary N) is 1. The smallest absolute Gasteiger partial charge is 0.216 e. The van der Waals surface area contributed by atoms with Crippen LogP contribution >= 0.6 is 0 Å². The zero-order chi connectivity index (χ0) is 24.6. The molecule has 1 saturated carbocycles. The minimum atomic E-state index is -0.296. The van der Waals surface area contributed by atoms with Crippen molar-refractivity contribution in [3.63, 3.8) is 0 Å². The second kappa shape index (κ2) is 11.9. The molecule has 35 heavy (non-hydrogen) atoms. The highest BCUT2D eigenvalue weighted by molar-refractivity contribution is 5.73. The van der Waals surface area contributed by atoms with Crippen LogP contribution in [0, 0.1) is 11.6 Å². The van der Waals surface area contributed by atoms with Crippen LogP contribution in [0.2, 0.25) is 0 Å². The molecule has 4 rings (SSSR count). The molecule has 0 heterocycles. The van der Waals surface area contributed by atoms with E-state index in [-0.39, 0.29) is 36.4 Å². The van der Waals surface area contributed by atoms with Crippen LogP contribution in [0.1, 0.15) is 43.7 Å². The standard InChI is InChI=1S/C29H31F2NO3/c1-20(33)32-16-15-21-9-10-27(18-28(21)22-6-4-7-24(30)17-22)35-26-13-11-25(12-14-26)34-19-23-5-2-3-8-29(23)31/h2-10,17-18,25-26H,11-16,19H2,1H3,(H,32,33). The van der Waals surface area contributed by atoms with Gasteiger partial charge in [-0.15, -0.1) is 0 Å². The third-order valence-electron chi connectivity index (χ3n) is 6.34. The number of benzene rings is 3. The zero-order valence-electron chi connectivity index (χ0n) is 19.9. The Bertz CT molecular complexity index is 1140. The van der Waals surface area contributed by atoms with Crippen LogP contribution in [0.15, 0.2) is 66.7 Å². The van der Waals surface area contributed by atoms with Crippen molar-refractivity contribution >= 4 is 5.91 Å². The summed E-state index contributed by atoms with van der Waals surface area (Å²) in [5.74, 6) is 0.128. The molecule has 1 aliphatic rings. The van der Waals surface area contributed by atoms with Gasteiger partial charge in [-0.2, -0.15) is 0 Å². The first-order valence-electron chi connectivity index (χ1n) is 12.1. The van der Waals surface area contributed by atoms with E-state index in [1.54, 1.807) is 18.2 Å². The van der Waals surface area contributed by atoms with Gasteiger partial charge in [-0.3, -0.25) is 4.79 Å². The Morgan fingerprint density at radius 2 is 1.69 bits per heavy atom. The fourth-order valence-electron chi connectivity index (χ4n) is 4.48. The molecule has 0 atom stereocenters. The van der Waals surface area contributed by atoms with Gasteiger partial charge in [-0.05, 0) is 79.1 Å². The number of hydrogen-bond acceptors (Lipinski definition) is 3. The van der Waals surface area contributed by atoms with Crippen molar-refractivity contribution in [1.29, 1.82) is 0 Å². The number of hydrogen-bond donors (Lipinski definition) is 1. The molecule has 1 amide bonds. The summed E-state index contributed by atoms with van der Waals surface area (Å²) in [6, 6.07) is 19.1. The first-order valence-corrected chi connectivity index (χ1v) is 12.1. The molecule has 0 bridgehead atoms. The van der Waals surface area contributed by atoms with Crippen molar-refractivity contribution in [3.8, 4) is 16.9 Å². The van der Waals surface area contributed by atoms with E-state index < -0.39 is 0 Å². The van der Waals surface area contributed by atoms with E-state index in [9.17, 15) is 13.6 Å². The molecule has 3 aromatic rings. The molecule has 0 radical (unpaired) electrons. The summed E-state index contributed by atoms with van der Waals surface area (Å²) in [6.45, 7) is 2.28. The number of ether oxygens (including phenoxy) is 2. The lowest BCUT2D eigenvalue weighted by Gasteiger charge is -2.29. The van der Waals surface area contributed by atoms with Gasteiger partial charge in [0.05, 0.1) is 18.8 Å². The van der Waals surface area contributed by atoms with Crippen LogP contribution in [-0.2, 0) is 22.6 Å². The highest BCUT2D eigenvalue weighted by Crippen LogP contribution is 2.32. The summed E-state index contributed by atoms with van der Waals surface area (Å²) in [4.78, 5) is 11.3. The predicted octanol–water partition coefficient (Wildman–Crippen LogP) is 6.22. The lowest BCUT2D eigenvalue weighted by molar-refractivity contribution is -0.118. The van der Waals surface area contributed by atoms with Gasteiger partial charge in [0.2, 0.25) is 5.91 Å². The van der Waals surface area contributed by atoms with Crippen LogP contribution in [-0.4, -0.2) is 24.7 Å². The Hall–Kier alpha value is -3.25. The number of amides is 1. The lowest BCUT2D eigenvalue weighted by atomic mass is 9.94. The van der Waals surface area contributed by atoms with E-state index in [1.807, 2.05) is 30.3 Å². The largest absolute Gasteiger partial charge is 0.490 e. The molecule has 4 nitrogen and oxygen atoms in total. The normalized spacial score (nSPS) is 17.7. The predicted molar refractivity (Wildman–Crippen MR) is 132 cm³/mol. The van der Waals surface area contributed by atoms with Crippen LogP contribution < -0.4 is 10.1 Å². The van der Waals surface area contributed by atoms with E-state index in [4.69, 9.17) is 9.47 Å². The zero-order valence-corrected chi connectivity index (χ0v) is 19.9. The topological polar surface area (TPSA) is 47.6 Å². The highest BCUT2D eigenvalue weighted by atomic mass is 19.1. The van der Waals surface area contributed by atoms with Crippen molar-refractivity contribution in [2.75, 3.05) is 6.54 Å². The number of carbonyl (C=O) groups is 1. The van der Waals surface area contributed by atoms with Crippen molar-refractivity contribution in [3.05, 3.63) is 89.5 Å². The highest BCUT2D eigenvalue weighted by Gasteiger charge is 2.23. The first-order chi connectivity index (χ1) is 17.0. The molecular weight excluding hydrogens is 448 g/mol. The van der Waals surface area contributed by atoms with Gasteiger partial charge in [0, 0.05) is 19.0 Å². The van der Waals surface area contributed by atoms with E-state index >= 15 is 0 Å². The first kappa shape index (κ1) is 24.9. The van der Waals surface area contributed by atoms with Crippen molar-refractivity contribution in [2.45, 2.75) is 57.8 Å². The second-order valence-electron chi connectivity index (χ2n) is 8.98. The molecule has 0 aliphatic heterocycles. The number of carbonyl (C=O) groups excluding carboxylic acids is 1. The Labute approximate surface area is 205 Å². The molecule has 1 aliphatic carbocycles. The summed E-state index contributed by atoms with van der Waals surface area (Å²) in [6.07, 6.45) is 4.19. The fourth-order valence-corrected chi connectivity index (χ4v) is 4.48. The van der Waals surface area contributed by atoms with E-state index in [0.29, 0.717) is 18.5 Å². The van der Waals surface area contributed by atoms with Gasteiger partial charge in [-0.25, -0.2) is 8.78 Å². The molecule has 3 aromatic carbocycles. The monoisotopic (exact) mass is 479 g/mol. The molecule has 184 valence electrons. The maximum absolute atomic E-state index is 13.9. The average Bonchev–Trinajstić information content (AvgIpc) is 2.85. The minimum Gasteiger partial charge on any atom is -0.490 e. The van der Waals surface area contributed by atoms with Crippen LogP contribution in [0.4, 0.5) is 8.78 Å². The van der Waals surface area contributed by atoms with Gasteiger partial charge in [0.1, 0.15) is 17.4 Å². The maximum atomic E-state index is 13.9. The van der Waals surface area contributed by atoms with E-state index in [1.165, 1.54) is 25.1 Å². The van der Waals surface area contributed by atoms with Gasteiger partial charge in [0.25, 0.3) is 0 Å². The number of rotatable bonds is 9. The van der Waals surface area contributed by atoms with E-state index in [2.05, 4.69) is 5.32 Å². The number of halogens is 2. The Morgan fingerprint density at radius 3 is 2.43 bits per heavy atom.